The molecule has 7 heteroatoms. The molecule has 0 aromatic carbocycles. The van der Waals surface area contributed by atoms with E-state index in [2.05, 4.69) is 31.2 Å². The number of halogens is 1. The van der Waals surface area contributed by atoms with Gasteiger partial charge in [0.25, 0.3) is 5.56 Å². The zero-order valence-corrected chi connectivity index (χ0v) is 13.1. The summed E-state index contributed by atoms with van der Waals surface area (Å²) in [6.45, 7) is 5.02. The topological polar surface area (TPSA) is 80.0 Å². The van der Waals surface area contributed by atoms with E-state index in [1.54, 1.807) is 4.57 Å². The molecular weight excluding hydrogens is 324 g/mol. The average molecular weight is 341 g/mol. The quantitative estimate of drug-likeness (QED) is 0.865. The van der Waals surface area contributed by atoms with E-state index in [9.17, 15) is 4.79 Å². The Morgan fingerprint density at radius 1 is 1.45 bits per heavy atom. The number of aliphatic hydroxyl groups is 1. The molecule has 0 amide bonds. The molecule has 0 bridgehead atoms. The highest BCUT2D eigenvalue weighted by molar-refractivity contribution is 9.10. The first-order valence-corrected chi connectivity index (χ1v) is 7.30. The molecular formula is C13H17BrN4O2. The van der Waals surface area contributed by atoms with Gasteiger partial charge in [0.2, 0.25) is 5.95 Å². The van der Waals surface area contributed by atoms with E-state index in [4.69, 9.17) is 5.11 Å². The Morgan fingerprint density at radius 3 is 2.85 bits per heavy atom. The second-order valence-electron chi connectivity index (χ2n) is 4.42. The average Bonchev–Trinajstić information content (AvgIpc) is 2.38. The van der Waals surface area contributed by atoms with Crippen LogP contribution in [0.1, 0.15) is 19.0 Å². The number of anilines is 1. The van der Waals surface area contributed by atoms with E-state index in [1.807, 2.05) is 13.8 Å². The van der Waals surface area contributed by atoms with Crippen molar-refractivity contribution in [1.82, 2.24) is 14.5 Å². The van der Waals surface area contributed by atoms with Gasteiger partial charge in [0.1, 0.15) is 5.65 Å². The summed E-state index contributed by atoms with van der Waals surface area (Å²) in [7, 11) is 0. The van der Waals surface area contributed by atoms with Crippen molar-refractivity contribution >= 4 is 32.9 Å². The van der Waals surface area contributed by atoms with Crippen LogP contribution in [-0.2, 0) is 6.54 Å². The van der Waals surface area contributed by atoms with Crippen LogP contribution in [0.15, 0.2) is 15.3 Å². The molecule has 2 heterocycles. The number of hydrogen-bond donors (Lipinski definition) is 2. The molecule has 0 fully saturated rings. The van der Waals surface area contributed by atoms with E-state index in [1.165, 1.54) is 6.07 Å². The Balaban J connectivity index is 2.72. The summed E-state index contributed by atoms with van der Waals surface area (Å²) in [6.07, 6.45) is 0.510. The van der Waals surface area contributed by atoms with Crippen molar-refractivity contribution in [3.63, 3.8) is 0 Å². The summed E-state index contributed by atoms with van der Waals surface area (Å²) < 4.78 is 2.27. The minimum Gasteiger partial charge on any atom is -0.396 e. The summed E-state index contributed by atoms with van der Waals surface area (Å²) in [4.78, 5) is 20.9. The van der Waals surface area contributed by atoms with E-state index < -0.39 is 0 Å². The third-order valence-electron chi connectivity index (χ3n) is 2.96. The molecule has 2 aromatic rings. The van der Waals surface area contributed by atoms with Crippen molar-refractivity contribution in [2.24, 2.45) is 0 Å². The van der Waals surface area contributed by atoms with Crippen LogP contribution in [-0.4, -0.2) is 32.8 Å². The smallest absolute Gasteiger partial charge is 0.253 e. The molecule has 0 saturated carbocycles. The predicted molar refractivity (Wildman–Crippen MR) is 82.1 cm³/mol. The van der Waals surface area contributed by atoms with Crippen LogP contribution in [0.25, 0.3) is 11.0 Å². The Bertz CT molecular complexity index is 684. The summed E-state index contributed by atoms with van der Waals surface area (Å²) in [6, 6.07) is 1.52. The highest BCUT2D eigenvalue weighted by Gasteiger charge is 2.13. The lowest BCUT2D eigenvalue weighted by atomic mass is 10.2. The third-order valence-corrected chi connectivity index (χ3v) is 3.58. The SMILES string of the molecule is CCNc1nc(C)c2c(Br)cc(=O)n(CCCO)c2n1. The molecule has 2 N–H and O–H groups in total. The van der Waals surface area contributed by atoms with E-state index in [0.717, 1.165) is 11.1 Å². The van der Waals surface area contributed by atoms with Gasteiger partial charge in [-0.3, -0.25) is 9.36 Å². The third kappa shape index (κ3) is 2.83. The Labute approximate surface area is 125 Å². The monoisotopic (exact) mass is 340 g/mol. The van der Waals surface area contributed by atoms with E-state index in [0.29, 0.717) is 35.6 Å². The normalized spacial score (nSPS) is 11.0. The van der Waals surface area contributed by atoms with Crippen LogP contribution in [0.5, 0.6) is 0 Å². The molecule has 0 aliphatic carbocycles. The van der Waals surface area contributed by atoms with Gasteiger partial charge in [0, 0.05) is 30.2 Å². The Morgan fingerprint density at radius 2 is 2.20 bits per heavy atom. The van der Waals surface area contributed by atoms with Crippen molar-refractivity contribution in [3.05, 3.63) is 26.6 Å². The van der Waals surface area contributed by atoms with Gasteiger partial charge in [0.05, 0.1) is 11.1 Å². The van der Waals surface area contributed by atoms with Crippen LogP contribution in [0, 0.1) is 6.92 Å². The fourth-order valence-corrected chi connectivity index (χ4v) is 2.74. The standard InChI is InChI=1S/C13H17BrN4O2/c1-3-15-13-16-8(2)11-9(14)7-10(20)18(5-4-6-19)12(11)17-13/h7,19H,3-6H2,1-2H3,(H,15,16,17). The van der Waals surface area contributed by atoms with Crippen molar-refractivity contribution in [2.45, 2.75) is 26.8 Å². The summed E-state index contributed by atoms with van der Waals surface area (Å²) in [5.74, 6) is 0.507. The van der Waals surface area contributed by atoms with Gasteiger partial charge in [0.15, 0.2) is 0 Å². The fourth-order valence-electron chi connectivity index (χ4n) is 2.08. The molecule has 20 heavy (non-hydrogen) atoms. The predicted octanol–water partition coefficient (Wildman–Crippen LogP) is 1.68. The molecule has 108 valence electrons. The van der Waals surface area contributed by atoms with Crippen molar-refractivity contribution < 1.29 is 5.11 Å². The van der Waals surface area contributed by atoms with Crippen LogP contribution in [0.2, 0.25) is 0 Å². The number of nitrogens with zero attached hydrogens (tertiary/aromatic N) is 3. The molecule has 0 spiro atoms. The lowest BCUT2D eigenvalue weighted by Crippen LogP contribution is -2.22. The van der Waals surface area contributed by atoms with Crippen molar-refractivity contribution in [2.75, 3.05) is 18.5 Å². The van der Waals surface area contributed by atoms with Crippen LogP contribution in [0.4, 0.5) is 5.95 Å². The van der Waals surface area contributed by atoms with Gasteiger partial charge in [-0.15, -0.1) is 0 Å². The van der Waals surface area contributed by atoms with Crippen LogP contribution >= 0.6 is 15.9 Å². The number of pyridine rings is 1. The Hall–Kier alpha value is -1.47. The molecule has 0 unspecified atom stereocenters. The molecule has 2 aromatic heterocycles. The molecule has 6 nitrogen and oxygen atoms in total. The lowest BCUT2D eigenvalue weighted by Gasteiger charge is -2.13. The van der Waals surface area contributed by atoms with Gasteiger partial charge < -0.3 is 10.4 Å². The Kier molecular flexibility index (Phi) is 4.72. The number of fused-ring (bicyclic) bond motifs is 1. The number of aliphatic hydroxyl groups excluding tert-OH is 1. The maximum Gasteiger partial charge on any atom is 0.253 e. The summed E-state index contributed by atoms with van der Waals surface area (Å²) in [5, 5.41) is 12.9. The lowest BCUT2D eigenvalue weighted by molar-refractivity contribution is 0.280. The van der Waals surface area contributed by atoms with E-state index in [-0.39, 0.29) is 12.2 Å². The highest BCUT2D eigenvalue weighted by atomic mass is 79.9. The molecule has 2 rings (SSSR count). The first-order chi connectivity index (χ1) is 9.58. The first-order valence-electron chi connectivity index (χ1n) is 6.51. The van der Waals surface area contributed by atoms with Crippen molar-refractivity contribution in [1.29, 1.82) is 0 Å². The number of nitrogens with one attached hydrogen (secondary N) is 1. The zero-order chi connectivity index (χ0) is 14.7. The maximum absolute atomic E-state index is 12.1. The zero-order valence-electron chi connectivity index (χ0n) is 11.5. The highest BCUT2D eigenvalue weighted by Crippen LogP contribution is 2.24. The number of aromatic nitrogens is 3. The maximum atomic E-state index is 12.1. The van der Waals surface area contributed by atoms with Gasteiger partial charge in [-0.25, -0.2) is 4.98 Å². The molecule has 0 aliphatic rings. The van der Waals surface area contributed by atoms with Crippen molar-refractivity contribution in [3.8, 4) is 0 Å². The van der Waals surface area contributed by atoms with E-state index >= 15 is 0 Å². The van der Waals surface area contributed by atoms with Gasteiger partial charge in [-0.1, -0.05) is 0 Å². The van der Waals surface area contributed by atoms with Gasteiger partial charge in [-0.2, -0.15) is 4.98 Å². The molecule has 0 radical (unpaired) electrons. The summed E-state index contributed by atoms with van der Waals surface area (Å²) in [5.41, 5.74) is 1.25. The minimum atomic E-state index is -0.140. The number of aryl methyl sites for hydroxylation is 2. The molecule has 0 saturated heterocycles. The number of rotatable bonds is 5. The van der Waals surface area contributed by atoms with Gasteiger partial charge in [-0.05, 0) is 36.2 Å². The fraction of sp³-hybridized carbons (Fsp3) is 0.462. The summed E-state index contributed by atoms with van der Waals surface area (Å²) >= 11 is 3.40. The molecule has 0 atom stereocenters. The van der Waals surface area contributed by atoms with Gasteiger partial charge >= 0.3 is 0 Å². The minimum absolute atomic E-state index is 0.0358. The van der Waals surface area contributed by atoms with Crippen LogP contribution < -0.4 is 10.9 Å². The first kappa shape index (κ1) is 14.9. The second-order valence-corrected chi connectivity index (χ2v) is 5.28. The van der Waals surface area contributed by atoms with Crippen LogP contribution in [0.3, 0.4) is 0 Å². The molecule has 0 aliphatic heterocycles. The number of hydrogen-bond acceptors (Lipinski definition) is 5. The largest absolute Gasteiger partial charge is 0.396 e. The second kappa shape index (κ2) is 6.32.